The van der Waals surface area contributed by atoms with Crippen molar-refractivity contribution >= 4 is 34.0 Å². The molecule has 0 aliphatic rings. The van der Waals surface area contributed by atoms with Crippen LogP contribution < -0.4 is 14.9 Å². The molecule has 0 atom stereocenters. The fraction of sp³-hybridized carbons (Fsp3) is 0.125. The van der Waals surface area contributed by atoms with Gasteiger partial charge in [-0.15, -0.1) is 0 Å². The van der Waals surface area contributed by atoms with Crippen molar-refractivity contribution in [2.45, 2.75) is 0 Å². The van der Waals surface area contributed by atoms with E-state index in [0.717, 1.165) is 33.6 Å². The van der Waals surface area contributed by atoms with E-state index >= 15 is 0 Å². The van der Waals surface area contributed by atoms with Gasteiger partial charge in [-0.25, -0.2) is 15.4 Å². The van der Waals surface area contributed by atoms with Gasteiger partial charge >= 0.3 is 0 Å². The van der Waals surface area contributed by atoms with Crippen LogP contribution in [0.5, 0.6) is 11.5 Å². The summed E-state index contributed by atoms with van der Waals surface area (Å²) in [5.41, 5.74) is 6.00. The molecule has 0 bridgehead atoms. The Bertz CT molecular complexity index is 1070. The van der Waals surface area contributed by atoms with E-state index in [2.05, 4.69) is 35.7 Å². The molecule has 0 saturated heterocycles. The Hall–Kier alpha value is -3.62. The molecule has 4 aromatic rings. The van der Waals surface area contributed by atoms with Crippen molar-refractivity contribution in [3.8, 4) is 11.5 Å². The van der Waals surface area contributed by atoms with Gasteiger partial charge in [-0.05, 0) is 24.3 Å². The number of fused-ring (bicyclic) bond motifs is 2. The number of imidazole rings is 2. The number of aromatic nitrogens is 4. The standard InChI is InChI=1S/C16H15N7O2/c1-24-9-3-5-11-13(7-9)19-15(17-11)21-23-22-16-18-12-6-4-10(25-2)8-14(12)20-16/h3-8H,1-2H3,(H3,17,18,19,20,21,22). The molecule has 0 saturated carbocycles. The number of hydrogen-bond donors (Lipinski definition) is 3. The van der Waals surface area contributed by atoms with E-state index < -0.39 is 0 Å². The highest BCUT2D eigenvalue weighted by atomic mass is 16.5. The number of benzene rings is 2. The molecule has 4 rings (SSSR count). The number of methoxy groups -OCH3 is 2. The molecule has 2 aromatic heterocycles. The summed E-state index contributed by atoms with van der Waals surface area (Å²) in [7, 11) is 3.23. The Morgan fingerprint density at radius 1 is 0.880 bits per heavy atom. The minimum absolute atomic E-state index is 0.383. The number of ether oxygens (including phenoxy) is 2. The van der Waals surface area contributed by atoms with Gasteiger partial charge < -0.3 is 19.4 Å². The molecule has 3 N–H and O–H groups in total. The van der Waals surface area contributed by atoms with E-state index in [1.807, 2.05) is 36.4 Å². The molecule has 126 valence electrons. The van der Waals surface area contributed by atoms with Crippen LogP contribution in [-0.4, -0.2) is 34.2 Å². The van der Waals surface area contributed by atoms with Gasteiger partial charge in [0.25, 0.3) is 0 Å². The molecule has 0 aliphatic heterocycles. The first-order valence-electron chi connectivity index (χ1n) is 7.49. The second kappa shape index (κ2) is 6.11. The van der Waals surface area contributed by atoms with Gasteiger partial charge in [-0.3, -0.25) is 0 Å². The maximum absolute atomic E-state index is 5.18. The molecule has 0 fully saturated rings. The van der Waals surface area contributed by atoms with Crippen LogP contribution in [0, 0.1) is 0 Å². The van der Waals surface area contributed by atoms with Crippen molar-refractivity contribution in [1.29, 1.82) is 0 Å². The van der Waals surface area contributed by atoms with Gasteiger partial charge in [-0.1, -0.05) is 10.3 Å². The maximum Gasteiger partial charge on any atom is 0.249 e. The predicted octanol–water partition coefficient (Wildman–Crippen LogP) is 3.57. The van der Waals surface area contributed by atoms with Crippen molar-refractivity contribution in [2.75, 3.05) is 19.6 Å². The van der Waals surface area contributed by atoms with Crippen molar-refractivity contribution in [2.24, 2.45) is 10.3 Å². The van der Waals surface area contributed by atoms with Gasteiger partial charge in [0.15, 0.2) is 0 Å². The van der Waals surface area contributed by atoms with Crippen LogP contribution in [0.1, 0.15) is 0 Å². The number of aromatic amines is 2. The average molecular weight is 337 g/mol. The molecule has 9 nitrogen and oxygen atoms in total. The molecule has 0 spiro atoms. The van der Waals surface area contributed by atoms with Gasteiger partial charge in [0.2, 0.25) is 11.9 Å². The number of hydrogen-bond acceptors (Lipinski definition) is 6. The summed E-state index contributed by atoms with van der Waals surface area (Å²) in [5.74, 6) is 2.36. The van der Waals surface area contributed by atoms with E-state index in [0.29, 0.717) is 11.9 Å². The Morgan fingerprint density at radius 3 is 2.20 bits per heavy atom. The lowest BCUT2D eigenvalue weighted by atomic mass is 10.3. The van der Waals surface area contributed by atoms with Crippen LogP contribution >= 0.6 is 0 Å². The SMILES string of the molecule is COc1ccc2nc(N=NNc3nc4ccc(OC)cc4[nH]3)[nH]c2c1. The summed E-state index contributed by atoms with van der Waals surface area (Å²) in [6.45, 7) is 0. The third kappa shape index (κ3) is 2.94. The molecule has 2 aromatic carbocycles. The van der Waals surface area contributed by atoms with Crippen LogP contribution in [-0.2, 0) is 0 Å². The summed E-state index contributed by atoms with van der Waals surface area (Å²) in [4.78, 5) is 14.8. The summed E-state index contributed by atoms with van der Waals surface area (Å²) in [6, 6.07) is 11.1. The monoisotopic (exact) mass is 337 g/mol. The topological polar surface area (TPSA) is 113 Å². The number of rotatable bonds is 5. The van der Waals surface area contributed by atoms with E-state index in [-0.39, 0.29) is 0 Å². The van der Waals surface area contributed by atoms with Crippen LogP contribution in [0.25, 0.3) is 22.1 Å². The zero-order valence-electron chi connectivity index (χ0n) is 13.6. The highest BCUT2D eigenvalue weighted by molar-refractivity contribution is 5.79. The summed E-state index contributed by atoms with van der Waals surface area (Å²) >= 11 is 0. The van der Waals surface area contributed by atoms with Crippen molar-refractivity contribution in [3.05, 3.63) is 36.4 Å². The number of nitrogens with zero attached hydrogens (tertiary/aromatic N) is 4. The molecule has 0 radical (unpaired) electrons. The molecular formula is C16H15N7O2. The molecule has 9 heteroatoms. The highest BCUT2D eigenvalue weighted by Gasteiger charge is 2.05. The van der Waals surface area contributed by atoms with Gasteiger partial charge in [-0.2, -0.15) is 0 Å². The van der Waals surface area contributed by atoms with Crippen molar-refractivity contribution in [1.82, 2.24) is 19.9 Å². The lowest BCUT2D eigenvalue weighted by Gasteiger charge is -1.96. The minimum atomic E-state index is 0.383. The normalized spacial score (nSPS) is 11.4. The van der Waals surface area contributed by atoms with Crippen LogP contribution in [0.4, 0.5) is 11.9 Å². The Balaban J connectivity index is 1.52. The Kier molecular flexibility index (Phi) is 3.65. The fourth-order valence-corrected chi connectivity index (χ4v) is 2.44. The van der Waals surface area contributed by atoms with Crippen molar-refractivity contribution in [3.63, 3.8) is 0 Å². The second-order valence-electron chi connectivity index (χ2n) is 5.22. The lowest BCUT2D eigenvalue weighted by Crippen LogP contribution is -1.88. The zero-order chi connectivity index (χ0) is 17.2. The summed E-state index contributed by atoms with van der Waals surface area (Å²) in [5, 5.41) is 7.93. The first-order chi connectivity index (χ1) is 12.2. The summed E-state index contributed by atoms with van der Waals surface area (Å²) < 4.78 is 10.4. The number of anilines is 1. The van der Waals surface area contributed by atoms with E-state index in [1.54, 1.807) is 14.2 Å². The molecule has 0 aliphatic carbocycles. The van der Waals surface area contributed by atoms with Gasteiger partial charge in [0.05, 0.1) is 36.3 Å². The second-order valence-corrected chi connectivity index (χ2v) is 5.22. The van der Waals surface area contributed by atoms with Crippen LogP contribution in [0.3, 0.4) is 0 Å². The quantitative estimate of drug-likeness (QED) is 0.381. The van der Waals surface area contributed by atoms with E-state index in [9.17, 15) is 0 Å². The Labute approximate surface area is 142 Å². The first kappa shape index (κ1) is 14.9. The average Bonchev–Trinajstić information content (AvgIpc) is 3.23. The maximum atomic E-state index is 5.18. The third-order valence-corrected chi connectivity index (χ3v) is 3.67. The first-order valence-corrected chi connectivity index (χ1v) is 7.49. The van der Waals surface area contributed by atoms with E-state index in [4.69, 9.17) is 9.47 Å². The number of nitrogens with one attached hydrogen (secondary N) is 3. The molecular weight excluding hydrogens is 322 g/mol. The zero-order valence-corrected chi connectivity index (χ0v) is 13.6. The fourth-order valence-electron chi connectivity index (χ4n) is 2.44. The van der Waals surface area contributed by atoms with Gasteiger partial charge in [0, 0.05) is 12.1 Å². The number of H-pyrrole nitrogens is 2. The van der Waals surface area contributed by atoms with Crippen molar-refractivity contribution < 1.29 is 9.47 Å². The molecule has 2 heterocycles. The lowest BCUT2D eigenvalue weighted by molar-refractivity contribution is 0.415. The van der Waals surface area contributed by atoms with Crippen LogP contribution in [0.2, 0.25) is 0 Å². The summed E-state index contributed by atoms with van der Waals surface area (Å²) in [6.07, 6.45) is 0. The largest absolute Gasteiger partial charge is 0.497 e. The third-order valence-electron chi connectivity index (χ3n) is 3.67. The minimum Gasteiger partial charge on any atom is -0.497 e. The molecule has 0 unspecified atom stereocenters. The highest BCUT2D eigenvalue weighted by Crippen LogP contribution is 2.22. The molecule has 25 heavy (non-hydrogen) atoms. The van der Waals surface area contributed by atoms with E-state index in [1.165, 1.54) is 0 Å². The Morgan fingerprint density at radius 2 is 1.52 bits per heavy atom. The van der Waals surface area contributed by atoms with Crippen LogP contribution in [0.15, 0.2) is 46.7 Å². The van der Waals surface area contributed by atoms with Gasteiger partial charge in [0.1, 0.15) is 11.5 Å². The predicted molar refractivity (Wildman–Crippen MR) is 93.4 cm³/mol. The smallest absolute Gasteiger partial charge is 0.249 e. The molecule has 0 amide bonds.